The molecule has 2 rings (SSSR count). The topological polar surface area (TPSA) is 78.6 Å². The zero-order chi connectivity index (χ0) is 15.5. The number of anilines is 1. The van der Waals surface area contributed by atoms with Crippen LogP contribution in [0.25, 0.3) is 0 Å². The molecule has 0 spiro atoms. The van der Waals surface area contributed by atoms with Crippen molar-refractivity contribution < 1.29 is 14.4 Å². The second kappa shape index (κ2) is 6.58. The Morgan fingerprint density at radius 2 is 2.24 bits per heavy atom. The molecule has 1 heterocycles. The highest BCUT2D eigenvalue weighted by molar-refractivity contribution is 5.91. The predicted octanol–water partition coefficient (Wildman–Crippen LogP) is 1.76. The van der Waals surface area contributed by atoms with Gasteiger partial charge in [-0.2, -0.15) is 0 Å². The van der Waals surface area contributed by atoms with E-state index in [2.05, 4.69) is 10.5 Å². The van der Waals surface area contributed by atoms with Crippen molar-refractivity contribution in [3.05, 3.63) is 11.8 Å². The molecule has 1 aliphatic rings. The van der Waals surface area contributed by atoms with Gasteiger partial charge in [-0.1, -0.05) is 32.3 Å². The summed E-state index contributed by atoms with van der Waals surface area (Å²) in [4.78, 5) is 14.1. The molecule has 6 nitrogen and oxygen atoms in total. The van der Waals surface area contributed by atoms with Crippen molar-refractivity contribution in [2.75, 3.05) is 25.0 Å². The van der Waals surface area contributed by atoms with Crippen LogP contribution in [0.15, 0.2) is 10.6 Å². The fraction of sp³-hybridized carbons (Fsp3) is 0.733. The molecule has 0 radical (unpaired) electrons. The number of hydrogen-bond acceptors (Lipinski definition) is 5. The van der Waals surface area contributed by atoms with Crippen LogP contribution in [0.5, 0.6) is 0 Å². The molecule has 0 aromatic carbocycles. The number of aliphatic hydroxyl groups excluding tert-OH is 1. The van der Waals surface area contributed by atoms with Gasteiger partial charge in [-0.25, -0.2) is 0 Å². The molecule has 1 amide bonds. The highest BCUT2D eigenvalue weighted by atomic mass is 16.5. The van der Waals surface area contributed by atoms with Crippen LogP contribution in [0.3, 0.4) is 0 Å². The van der Waals surface area contributed by atoms with Crippen LogP contribution in [0.1, 0.15) is 45.7 Å². The van der Waals surface area contributed by atoms with E-state index >= 15 is 0 Å². The van der Waals surface area contributed by atoms with E-state index in [-0.39, 0.29) is 24.5 Å². The van der Waals surface area contributed by atoms with Gasteiger partial charge < -0.3 is 9.63 Å². The maximum Gasteiger partial charge on any atom is 0.240 e. The molecule has 1 aromatic rings. The van der Waals surface area contributed by atoms with Gasteiger partial charge in [0.05, 0.1) is 18.8 Å². The van der Waals surface area contributed by atoms with Crippen molar-refractivity contribution in [2.45, 2.75) is 51.5 Å². The Morgan fingerprint density at radius 3 is 2.71 bits per heavy atom. The van der Waals surface area contributed by atoms with Crippen molar-refractivity contribution in [3.63, 3.8) is 0 Å². The average Bonchev–Trinajstić information content (AvgIpc) is 2.74. The van der Waals surface area contributed by atoms with Gasteiger partial charge in [-0.15, -0.1) is 0 Å². The number of hydrogen-bond donors (Lipinski definition) is 2. The van der Waals surface area contributed by atoms with Crippen LogP contribution in [-0.2, 0) is 10.2 Å². The summed E-state index contributed by atoms with van der Waals surface area (Å²) in [5, 5.41) is 15.8. The molecule has 118 valence electrons. The lowest BCUT2D eigenvalue weighted by Gasteiger charge is -2.36. The van der Waals surface area contributed by atoms with Crippen molar-refractivity contribution in [3.8, 4) is 0 Å². The lowest BCUT2D eigenvalue weighted by molar-refractivity contribution is -0.118. The number of nitrogens with zero attached hydrogens (tertiary/aromatic N) is 2. The summed E-state index contributed by atoms with van der Waals surface area (Å²) in [6.45, 7) is 6.99. The number of amides is 1. The first kappa shape index (κ1) is 16.0. The molecule has 0 aliphatic heterocycles. The Bertz CT molecular complexity index is 475. The number of carbonyl (C=O) groups is 1. The largest absolute Gasteiger partial charge is 0.395 e. The fourth-order valence-electron chi connectivity index (χ4n) is 2.32. The molecular formula is C15H25N3O3. The van der Waals surface area contributed by atoms with E-state index in [4.69, 9.17) is 9.63 Å². The number of aliphatic hydroxyl groups is 1. The quantitative estimate of drug-likeness (QED) is 0.836. The predicted molar refractivity (Wildman–Crippen MR) is 80.1 cm³/mol. The second-order valence-electron chi connectivity index (χ2n) is 6.65. The third-order valence-corrected chi connectivity index (χ3v) is 3.87. The van der Waals surface area contributed by atoms with Gasteiger partial charge in [0.1, 0.15) is 0 Å². The third kappa shape index (κ3) is 4.28. The van der Waals surface area contributed by atoms with E-state index < -0.39 is 0 Å². The summed E-state index contributed by atoms with van der Waals surface area (Å²) in [6.07, 6.45) is 3.40. The highest BCUT2D eigenvalue weighted by Gasteiger charge is 2.26. The smallest absolute Gasteiger partial charge is 0.240 e. The third-order valence-electron chi connectivity index (χ3n) is 3.87. The minimum absolute atomic E-state index is 0.0697. The van der Waals surface area contributed by atoms with Crippen LogP contribution in [0, 0.1) is 0 Å². The molecule has 1 saturated carbocycles. The SMILES string of the molecule is CC(C)(C)c1cc(NC(=O)CN(CCO)C2CCC2)on1. The normalized spacial score (nSPS) is 16.0. The summed E-state index contributed by atoms with van der Waals surface area (Å²) in [6, 6.07) is 2.18. The molecule has 1 fully saturated rings. The number of rotatable bonds is 6. The highest BCUT2D eigenvalue weighted by Crippen LogP contribution is 2.25. The molecular weight excluding hydrogens is 270 g/mol. The summed E-state index contributed by atoms with van der Waals surface area (Å²) in [7, 11) is 0. The van der Waals surface area contributed by atoms with Gasteiger partial charge in [0.15, 0.2) is 0 Å². The van der Waals surface area contributed by atoms with Crippen molar-refractivity contribution in [1.82, 2.24) is 10.1 Å². The van der Waals surface area contributed by atoms with Gasteiger partial charge in [-0.3, -0.25) is 15.0 Å². The Morgan fingerprint density at radius 1 is 1.52 bits per heavy atom. The summed E-state index contributed by atoms with van der Waals surface area (Å²) in [5.41, 5.74) is 0.699. The molecule has 0 saturated heterocycles. The molecule has 6 heteroatoms. The second-order valence-corrected chi connectivity index (χ2v) is 6.65. The lowest BCUT2D eigenvalue weighted by atomic mass is 9.91. The van der Waals surface area contributed by atoms with Crippen molar-refractivity contribution in [1.29, 1.82) is 0 Å². The van der Waals surface area contributed by atoms with E-state index in [0.717, 1.165) is 18.5 Å². The summed E-state index contributed by atoms with van der Waals surface area (Å²) >= 11 is 0. The van der Waals surface area contributed by atoms with Crippen molar-refractivity contribution >= 4 is 11.8 Å². The first-order valence-electron chi connectivity index (χ1n) is 7.52. The van der Waals surface area contributed by atoms with Gasteiger partial charge in [0.25, 0.3) is 0 Å². The zero-order valence-corrected chi connectivity index (χ0v) is 13.1. The van der Waals surface area contributed by atoms with Crippen molar-refractivity contribution in [2.24, 2.45) is 0 Å². The zero-order valence-electron chi connectivity index (χ0n) is 13.1. The fourth-order valence-corrected chi connectivity index (χ4v) is 2.32. The van der Waals surface area contributed by atoms with Gasteiger partial charge >= 0.3 is 0 Å². The molecule has 2 N–H and O–H groups in total. The summed E-state index contributed by atoms with van der Waals surface area (Å²) < 4.78 is 5.15. The number of nitrogens with one attached hydrogen (secondary N) is 1. The number of aromatic nitrogens is 1. The molecule has 0 atom stereocenters. The first-order chi connectivity index (χ1) is 9.90. The first-order valence-corrected chi connectivity index (χ1v) is 7.52. The maximum absolute atomic E-state index is 12.1. The van der Waals surface area contributed by atoms with E-state index in [1.807, 2.05) is 25.7 Å². The lowest BCUT2D eigenvalue weighted by Crippen LogP contribution is -2.45. The Kier molecular flexibility index (Phi) is 5.00. The van der Waals surface area contributed by atoms with Gasteiger partial charge in [-0.05, 0) is 12.8 Å². The summed E-state index contributed by atoms with van der Waals surface area (Å²) in [5.74, 6) is 0.245. The van der Waals surface area contributed by atoms with E-state index in [1.165, 1.54) is 6.42 Å². The van der Waals surface area contributed by atoms with Crippen LogP contribution in [0.4, 0.5) is 5.88 Å². The standard InChI is InChI=1S/C15H25N3O3/c1-15(2,3)12-9-14(21-17-12)16-13(20)10-18(7-8-19)11-5-4-6-11/h9,11,19H,4-8,10H2,1-3H3,(H,16,20). The average molecular weight is 295 g/mol. The Labute approximate surface area is 125 Å². The monoisotopic (exact) mass is 295 g/mol. The molecule has 1 aliphatic carbocycles. The molecule has 0 bridgehead atoms. The molecule has 0 unspecified atom stereocenters. The minimum Gasteiger partial charge on any atom is -0.395 e. The van der Waals surface area contributed by atoms with Crippen LogP contribution < -0.4 is 5.32 Å². The molecule has 21 heavy (non-hydrogen) atoms. The minimum atomic E-state index is -0.132. The van der Waals surface area contributed by atoms with Crippen LogP contribution in [0.2, 0.25) is 0 Å². The number of carbonyl (C=O) groups excluding carboxylic acids is 1. The Hall–Kier alpha value is -1.40. The van der Waals surface area contributed by atoms with E-state index in [9.17, 15) is 4.79 Å². The maximum atomic E-state index is 12.1. The van der Waals surface area contributed by atoms with E-state index in [1.54, 1.807) is 6.07 Å². The van der Waals surface area contributed by atoms with E-state index in [0.29, 0.717) is 18.5 Å². The Balaban J connectivity index is 1.89. The van der Waals surface area contributed by atoms with Crippen LogP contribution >= 0.6 is 0 Å². The molecule has 1 aromatic heterocycles. The van der Waals surface area contributed by atoms with Gasteiger partial charge in [0, 0.05) is 24.1 Å². The van der Waals surface area contributed by atoms with Crippen LogP contribution in [-0.4, -0.2) is 46.8 Å². The van der Waals surface area contributed by atoms with Gasteiger partial charge in [0.2, 0.25) is 11.8 Å².